The van der Waals surface area contributed by atoms with Crippen molar-refractivity contribution < 1.29 is 32.2 Å². The molecule has 2 aromatic carbocycles. The van der Waals surface area contributed by atoms with E-state index in [1.807, 2.05) is 0 Å². The third-order valence-corrected chi connectivity index (χ3v) is 5.38. The fourth-order valence-electron chi connectivity index (χ4n) is 3.55. The molecule has 0 aliphatic carbocycles. The van der Waals surface area contributed by atoms with Gasteiger partial charge in [0.15, 0.2) is 11.5 Å². The summed E-state index contributed by atoms with van der Waals surface area (Å²) in [5, 5.41) is 2.89. The van der Waals surface area contributed by atoms with Crippen LogP contribution in [0.2, 0.25) is 0 Å². The summed E-state index contributed by atoms with van der Waals surface area (Å²) < 4.78 is 54.9. The first kappa shape index (κ1) is 26.6. The molecule has 1 heterocycles. The van der Waals surface area contributed by atoms with Gasteiger partial charge in [-0.2, -0.15) is 13.2 Å². The van der Waals surface area contributed by atoms with Crippen molar-refractivity contribution in [2.75, 3.05) is 27.4 Å². The van der Waals surface area contributed by atoms with E-state index in [-0.39, 0.29) is 43.2 Å². The molecule has 194 valence electrons. The predicted octanol–water partition coefficient (Wildman–Crippen LogP) is 3.09. The fourth-order valence-corrected chi connectivity index (χ4v) is 3.55. The van der Waals surface area contributed by atoms with Gasteiger partial charge in [-0.05, 0) is 37.1 Å². The molecule has 0 spiro atoms. The van der Waals surface area contributed by atoms with E-state index in [4.69, 9.17) is 14.2 Å². The van der Waals surface area contributed by atoms with Crippen molar-refractivity contribution in [3.63, 3.8) is 0 Å². The topological polar surface area (TPSA) is 112 Å². The number of hydrogen-bond acceptors (Lipinski definition) is 6. The van der Waals surface area contributed by atoms with Crippen molar-refractivity contribution in [2.24, 2.45) is 0 Å². The zero-order chi connectivity index (χ0) is 26.3. The van der Waals surface area contributed by atoms with Gasteiger partial charge in [-0.3, -0.25) is 14.2 Å². The van der Waals surface area contributed by atoms with Gasteiger partial charge in [-0.25, -0.2) is 4.79 Å². The highest BCUT2D eigenvalue weighted by atomic mass is 19.4. The normalized spacial score (nSPS) is 11.4. The molecule has 0 atom stereocenters. The van der Waals surface area contributed by atoms with Gasteiger partial charge in [-0.15, -0.1) is 0 Å². The molecule has 1 amide bonds. The molecule has 9 nitrogen and oxygen atoms in total. The molecule has 0 bridgehead atoms. The Morgan fingerprint density at radius 3 is 2.47 bits per heavy atom. The Bertz CT molecular complexity index is 1330. The van der Waals surface area contributed by atoms with Gasteiger partial charge < -0.3 is 24.5 Å². The van der Waals surface area contributed by atoms with Crippen LogP contribution in [0.5, 0.6) is 17.2 Å². The summed E-state index contributed by atoms with van der Waals surface area (Å²) in [5.74, 6) is 0.513. The number of ether oxygens (including phenoxy) is 3. The van der Waals surface area contributed by atoms with E-state index in [1.54, 1.807) is 0 Å². The van der Waals surface area contributed by atoms with Crippen LogP contribution in [0, 0.1) is 0 Å². The standard InChI is InChI=1S/C24H26F3N3O6/c1-34-19-13-17-18(14-20(19)35-2)29-23(33)30(22(17)32)10-4-3-8-21(31)28-9-11-36-16-7-5-6-15(12-16)24(25,26)27/h5-7,12-14H,3-4,8-11H2,1-2H3,(H,28,31)(H,29,33). The van der Waals surface area contributed by atoms with Crippen LogP contribution in [0.25, 0.3) is 10.9 Å². The van der Waals surface area contributed by atoms with Crippen LogP contribution in [-0.4, -0.2) is 42.8 Å². The van der Waals surface area contributed by atoms with E-state index in [1.165, 1.54) is 38.5 Å². The smallest absolute Gasteiger partial charge is 0.416 e. The van der Waals surface area contributed by atoms with Crippen LogP contribution in [-0.2, 0) is 17.5 Å². The number of nitrogens with zero attached hydrogens (tertiary/aromatic N) is 1. The van der Waals surface area contributed by atoms with E-state index < -0.39 is 23.0 Å². The lowest BCUT2D eigenvalue weighted by Crippen LogP contribution is -2.35. The summed E-state index contributed by atoms with van der Waals surface area (Å²) in [4.78, 5) is 39.9. The Hall–Kier alpha value is -3.96. The minimum absolute atomic E-state index is 0.00313. The second-order valence-electron chi connectivity index (χ2n) is 7.82. The van der Waals surface area contributed by atoms with Crippen LogP contribution in [0.3, 0.4) is 0 Å². The number of carbonyl (C=O) groups excluding carboxylic acids is 1. The lowest BCUT2D eigenvalue weighted by atomic mass is 10.2. The summed E-state index contributed by atoms with van der Waals surface area (Å²) in [6, 6.07) is 7.50. The molecule has 0 unspecified atom stereocenters. The summed E-state index contributed by atoms with van der Waals surface area (Å²) in [6.07, 6.45) is -3.50. The van der Waals surface area contributed by atoms with Crippen LogP contribution in [0.1, 0.15) is 24.8 Å². The number of rotatable bonds is 11. The minimum atomic E-state index is -4.46. The molecule has 12 heteroatoms. The first-order chi connectivity index (χ1) is 17.1. The monoisotopic (exact) mass is 509 g/mol. The largest absolute Gasteiger partial charge is 0.493 e. The summed E-state index contributed by atoms with van der Waals surface area (Å²) >= 11 is 0. The third-order valence-electron chi connectivity index (χ3n) is 5.38. The Balaban J connectivity index is 1.46. The highest BCUT2D eigenvalue weighted by molar-refractivity contribution is 5.81. The average Bonchev–Trinajstić information content (AvgIpc) is 2.85. The number of methoxy groups -OCH3 is 2. The zero-order valence-electron chi connectivity index (χ0n) is 19.7. The highest BCUT2D eigenvalue weighted by Gasteiger charge is 2.30. The Morgan fingerprint density at radius 1 is 1.06 bits per heavy atom. The van der Waals surface area contributed by atoms with E-state index in [0.717, 1.165) is 16.7 Å². The Labute approximate surface area is 203 Å². The molecular formula is C24H26F3N3O6. The number of amides is 1. The number of benzene rings is 2. The van der Waals surface area contributed by atoms with E-state index in [0.29, 0.717) is 29.9 Å². The predicted molar refractivity (Wildman–Crippen MR) is 126 cm³/mol. The Kier molecular flexibility index (Phi) is 8.62. The van der Waals surface area contributed by atoms with Crippen molar-refractivity contribution >= 4 is 16.8 Å². The van der Waals surface area contributed by atoms with Crippen LogP contribution in [0.15, 0.2) is 46.0 Å². The molecule has 0 saturated carbocycles. The first-order valence-electron chi connectivity index (χ1n) is 11.1. The number of nitrogens with one attached hydrogen (secondary N) is 2. The van der Waals surface area contributed by atoms with E-state index in [9.17, 15) is 27.6 Å². The molecule has 3 aromatic rings. The van der Waals surface area contributed by atoms with E-state index >= 15 is 0 Å². The zero-order valence-corrected chi connectivity index (χ0v) is 19.7. The Morgan fingerprint density at radius 2 is 1.78 bits per heavy atom. The molecule has 0 radical (unpaired) electrons. The van der Waals surface area contributed by atoms with Crippen molar-refractivity contribution in [3.05, 3.63) is 62.8 Å². The molecule has 3 rings (SSSR count). The number of carbonyl (C=O) groups is 1. The molecule has 2 N–H and O–H groups in total. The van der Waals surface area contributed by atoms with Crippen LogP contribution >= 0.6 is 0 Å². The van der Waals surface area contributed by atoms with Crippen molar-refractivity contribution in [3.8, 4) is 17.2 Å². The van der Waals surface area contributed by atoms with Gasteiger partial charge in [-0.1, -0.05) is 6.07 Å². The molecule has 0 fully saturated rings. The van der Waals surface area contributed by atoms with E-state index in [2.05, 4.69) is 10.3 Å². The molecule has 1 aromatic heterocycles. The van der Waals surface area contributed by atoms with Gasteiger partial charge in [0, 0.05) is 19.0 Å². The van der Waals surface area contributed by atoms with Gasteiger partial charge in [0.05, 0.1) is 37.2 Å². The van der Waals surface area contributed by atoms with Gasteiger partial charge >= 0.3 is 11.9 Å². The lowest BCUT2D eigenvalue weighted by Gasteiger charge is -2.11. The SMILES string of the molecule is COc1cc2[nH]c(=O)n(CCCCC(=O)NCCOc3cccc(C(F)(F)F)c3)c(=O)c2cc1OC. The molecule has 0 aliphatic heterocycles. The highest BCUT2D eigenvalue weighted by Crippen LogP contribution is 2.31. The maximum Gasteiger partial charge on any atom is 0.416 e. The van der Waals surface area contributed by atoms with Crippen molar-refractivity contribution in [1.82, 2.24) is 14.9 Å². The lowest BCUT2D eigenvalue weighted by molar-refractivity contribution is -0.137. The number of halogens is 3. The van der Waals surface area contributed by atoms with Crippen molar-refractivity contribution in [2.45, 2.75) is 32.0 Å². The van der Waals surface area contributed by atoms with Crippen LogP contribution < -0.4 is 30.8 Å². The quantitative estimate of drug-likeness (QED) is 0.385. The third kappa shape index (κ3) is 6.58. The van der Waals surface area contributed by atoms with Gasteiger partial charge in [0.1, 0.15) is 12.4 Å². The maximum absolute atomic E-state index is 12.8. The second kappa shape index (κ2) is 11.6. The summed E-state index contributed by atoms with van der Waals surface area (Å²) in [5.41, 5.74) is -1.54. The van der Waals surface area contributed by atoms with Crippen molar-refractivity contribution in [1.29, 1.82) is 0 Å². The summed E-state index contributed by atoms with van der Waals surface area (Å²) in [6.45, 7) is 0.234. The van der Waals surface area contributed by atoms with Crippen LogP contribution in [0.4, 0.5) is 13.2 Å². The average molecular weight is 509 g/mol. The number of fused-ring (bicyclic) bond motifs is 1. The number of H-pyrrole nitrogens is 1. The minimum Gasteiger partial charge on any atom is -0.493 e. The second-order valence-corrected chi connectivity index (χ2v) is 7.82. The number of hydrogen-bond donors (Lipinski definition) is 2. The first-order valence-corrected chi connectivity index (χ1v) is 11.1. The molecule has 0 aliphatic rings. The number of unbranched alkanes of at least 4 members (excludes halogenated alkanes) is 1. The maximum atomic E-state index is 12.8. The number of aromatic amines is 1. The molecular weight excluding hydrogens is 483 g/mol. The fraction of sp³-hybridized carbons (Fsp3) is 0.375. The number of alkyl halides is 3. The van der Waals surface area contributed by atoms with Gasteiger partial charge in [0.2, 0.25) is 5.91 Å². The van der Waals surface area contributed by atoms with Gasteiger partial charge in [0.25, 0.3) is 5.56 Å². The summed E-state index contributed by atoms with van der Waals surface area (Å²) in [7, 11) is 2.89. The number of aromatic nitrogens is 2. The molecule has 0 saturated heterocycles. The molecule has 36 heavy (non-hydrogen) atoms.